The molecule has 0 aliphatic heterocycles. The molecule has 1 heterocycles. The van der Waals surface area contributed by atoms with Crippen molar-refractivity contribution in [2.75, 3.05) is 11.9 Å². The second-order valence-electron chi connectivity index (χ2n) is 5.55. The Balaban J connectivity index is 1.68. The normalized spacial score (nSPS) is 22.3. The van der Waals surface area contributed by atoms with E-state index in [9.17, 15) is 10.1 Å². The number of rotatable bonds is 4. The number of nitro groups is 1. The number of fused-ring (bicyclic) bond motifs is 1. The van der Waals surface area contributed by atoms with Gasteiger partial charge in [-0.1, -0.05) is 6.42 Å². The summed E-state index contributed by atoms with van der Waals surface area (Å²) in [5.41, 5.74) is 1.46. The number of alkyl halides is 1. The van der Waals surface area contributed by atoms with E-state index in [2.05, 4.69) is 15.3 Å². The van der Waals surface area contributed by atoms with Gasteiger partial charge in [-0.3, -0.25) is 10.1 Å². The lowest BCUT2D eigenvalue weighted by atomic mass is 9.89. The summed E-state index contributed by atoms with van der Waals surface area (Å²) in [6, 6.07) is 4.62. The minimum Gasteiger partial charge on any atom is -0.356 e. The molecule has 0 bridgehead atoms. The van der Waals surface area contributed by atoms with Crippen LogP contribution in [0.3, 0.4) is 0 Å². The summed E-state index contributed by atoms with van der Waals surface area (Å²) >= 11 is 6.19. The molecule has 21 heavy (non-hydrogen) atoms. The van der Waals surface area contributed by atoms with E-state index < -0.39 is 4.92 Å². The molecule has 3 rings (SSSR count). The van der Waals surface area contributed by atoms with E-state index in [0.717, 1.165) is 24.9 Å². The predicted octanol–water partition coefficient (Wildman–Crippen LogP) is 3.68. The molecule has 1 saturated carbocycles. The van der Waals surface area contributed by atoms with Crippen LogP contribution in [0.15, 0.2) is 18.2 Å². The Morgan fingerprint density at radius 2 is 2.33 bits per heavy atom. The third-order valence-corrected chi connectivity index (χ3v) is 4.35. The molecule has 2 aromatic rings. The molecule has 0 radical (unpaired) electrons. The fraction of sp³-hybridized carbons (Fsp3) is 0.500. The Bertz CT molecular complexity index is 657. The maximum absolute atomic E-state index is 10.8. The van der Waals surface area contributed by atoms with Crippen LogP contribution in [0.1, 0.15) is 25.7 Å². The molecule has 112 valence electrons. The monoisotopic (exact) mass is 308 g/mol. The van der Waals surface area contributed by atoms with E-state index in [1.54, 1.807) is 6.07 Å². The zero-order valence-electron chi connectivity index (χ0n) is 11.5. The number of hydrogen-bond donors (Lipinski definition) is 2. The molecule has 2 unspecified atom stereocenters. The number of H-pyrrole nitrogens is 1. The van der Waals surface area contributed by atoms with Crippen molar-refractivity contribution < 1.29 is 4.92 Å². The van der Waals surface area contributed by atoms with Gasteiger partial charge in [0, 0.05) is 24.1 Å². The topological polar surface area (TPSA) is 83.8 Å². The third kappa shape index (κ3) is 3.26. The van der Waals surface area contributed by atoms with Crippen LogP contribution < -0.4 is 5.32 Å². The van der Waals surface area contributed by atoms with Crippen LogP contribution >= 0.6 is 11.6 Å². The highest BCUT2D eigenvalue weighted by molar-refractivity contribution is 6.20. The standard InChI is InChI=1S/C14H17ClN4O2/c15-10-3-1-2-9(6-10)8-16-14-17-12-5-4-11(19(20)21)7-13(12)18-14/h4-5,7,9-10H,1-3,6,8H2,(H2,16,17,18). The maximum atomic E-state index is 10.8. The van der Waals surface area contributed by atoms with Crippen LogP contribution in [0.4, 0.5) is 11.6 Å². The van der Waals surface area contributed by atoms with Gasteiger partial charge >= 0.3 is 0 Å². The van der Waals surface area contributed by atoms with Gasteiger partial charge in [-0.05, 0) is 31.2 Å². The first-order valence-electron chi connectivity index (χ1n) is 7.14. The van der Waals surface area contributed by atoms with Gasteiger partial charge in [-0.25, -0.2) is 4.98 Å². The number of nitrogens with zero attached hydrogens (tertiary/aromatic N) is 2. The number of non-ortho nitro benzene ring substituents is 1. The van der Waals surface area contributed by atoms with E-state index in [1.807, 2.05) is 0 Å². The van der Waals surface area contributed by atoms with Crippen LogP contribution in [0.5, 0.6) is 0 Å². The Labute approximate surface area is 127 Å². The van der Waals surface area contributed by atoms with Gasteiger partial charge in [0.2, 0.25) is 5.95 Å². The van der Waals surface area contributed by atoms with Gasteiger partial charge in [0.05, 0.1) is 16.0 Å². The molecule has 2 atom stereocenters. The number of benzene rings is 1. The highest BCUT2D eigenvalue weighted by Gasteiger charge is 2.20. The molecule has 1 fully saturated rings. The van der Waals surface area contributed by atoms with E-state index in [0.29, 0.717) is 17.4 Å². The van der Waals surface area contributed by atoms with Crippen molar-refractivity contribution in [3.8, 4) is 0 Å². The van der Waals surface area contributed by atoms with Crippen LogP contribution in [0, 0.1) is 16.0 Å². The molecule has 6 nitrogen and oxygen atoms in total. The number of anilines is 1. The van der Waals surface area contributed by atoms with Crippen molar-refractivity contribution in [1.82, 2.24) is 9.97 Å². The minimum absolute atomic E-state index is 0.0648. The van der Waals surface area contributed by atoms with Crippen LogP contribution in [0.25, 0.3) is 11.0 Å². The summed E-state index contributed by atoms with van der Waals surface area (Å²) in [4.78, 5) is 17.8. The lowest BCUT2D eigenvalue weighted by Crippen LogP contribution is -2.22. The van der Waals surface area contributed by atoms with Gasteiger partial charge < -0.3 is 10.3 Å². The van der Waals surface area contributed by atoms with Crippen molar-refractivity contribution in [3.63, 3.8) is 0 Å². The Morgan fingerprint density at radius 1 is 1.48 bits per heavy atom. The van der Waals surface area contributed by atoms with Crippen molar-refractivity contribution >= 4 is 34.3 Å². The number of halogens is 1. The van der Waals surface area contributed by atoms with Crippen molar-refractivity contribution in [2.24, 2.45) is 5.92 Å². The molecule has 0 amide bonds. The van der Waals surface area contributed by atoms with E-state index in [-0.39, 0.29) is 11.1 Å². The average molecular weight is 309 g/mol. The Kier molecular flexibility index (Phi) is 3.96. The number of hydrogen-bond acceptors (Lipinski definition) is 4. The fourth-order valence-corrected chi connectivity index (χ4v) is 3.25. The zero-order chi connectivity index (χ0) is 14.8. The first kappa shape index (κ1) is 14.1. The Hall–Kier alpha value is -1.82. The van der Waals surface area contributed by atoms with Crippen molar-refractivity contribution in [1.29, 1.82) is 0 Å². The van der Waals surface area contributed by atoms with Crippen LogP contribution in [-0.4, -0.2) is 26.8 Å². The van der Waals surface area contributed by atoms with Crippen molar-refractivity contribution in [2.45, 2.75) is 31.1 Å². The lowest BCUT2D eigenvalue weighted by molar-refractivity contribution is -0.384. The Morgan fingerprint density at radius 3 is 3.10 bits per heavy atom. The van der Waals surface area contributed by atoms with Crippen molar-refractivity contribution in [3.05, 3.63) is 28.3 Å². The molecule has 1 aromatic carbocycles. The molecule has 1 aromatic heterocycles. The number of nitro benzene ring substituents is 1. The summed E-state index contributed by atoms with van der Waals surface area (Å²) < 4.78 is 0. The van der Waals surface area contributed by atoms with E-state index in [4.69, 9.17) is 11.6 Å². The fourth-order valence-electron chi connectivity index (χ4n) is 2.85. The molecule has 2 N–H and O–H groups in total. The second kappa shape index (κ2) is 5.89. The summed E-state index contributed by atoms with van der Waals surface area (Å²) in [6.07, 6.45) is 4.49. The van der Waals surface area contributed by atoms with Crippen LogP contribution in [0.2, 0.25) is 0 Å². The number of nitrogens with one attached hydrogen (secondary N) is 2. The number of aromatic nitrogens is 2. The lowest BCUT2D eigenvalue weighted by Gasteiger charge is -2.25. The minimum atomic E-state index is -0.407. The number of imidazole rings is 1. The average Bonchev–Trinajstić information content (AvgIpc) is 2.87. The highest BCUT2D eigenvalue weighted by atomic mass is 35.5. The predicted molar refractivity (Wildman–Crippen MR) is 82.8 cm³/mol. The third-order valence-electron chi connectivity index (χ3n) is 3.95. The molecule has 0 spiro atoms. The maximum Gasteiger partial charge on any atom is 0.271 e. The zero-order valence-corrected chi connectivity index (χ0v) is 12.3. The smallest absolute Gasteiger partial charge is 0.271 e. The molecule has 1 aliphatic rings. The quantitative estimate of drug-likeness (QED) is 0.512. The van der Waals surface area contributed by atoms with Gasteiger partial charge in [0.25, 0.3) is 5.69 Å². The van der Waals surface area contributed by atoms with Gasteiger partial charge in [0.1, 0.15) is 0 Å². The second-order valence-corrected chi connectivity index (χ2v) is 6.17. The van der Waals surface area contributed by atoms with E-state index in [1.165, 1.54) is 25.0 Å². The summed E-state index contributed by atoms with van der Waals surface area (Å²) in [7, 11) is 0. The van der Waals surface area contributed by atoms with E-state index >= 15 is 0 Å². The van der Waals surface area contributed by atoms with Gasteiger partial charge in [0.15, 0.2) is 0 Å². The van der Waals surface area contributed by atoms with Crippen LogP contribution in [-0.2, 0) is 0 Å². The molecular formula is C14H17ClN4O2. The molecular weight excluding hydrogens is 292 g/mol. The summed E-state index contributed by atoms with van der Waals surface area (Å²) in [5.74, 6) is 1.21. The first-order valence-corrected chi connectivity index (χ1v) is 7.57. The molecule has 1 aliphatic carbocycles. The highest BCUT2D eigenvalue weighted by Crippen LogP contribution is 2.28. The SMILES string of the molecule is O=[N+]([O-])c1ccc2nc(NCC3CCCC(Cl)C3)[nH]c2c1. The largest absolute Gasteiger partial charge is 0.356 e. The van der Waals surface area contributed by atoms with Gasteiger partial charge in [-0.2, -0.15) is 0 Å². The van der Waals surface area contributed by atoms with Gasteiger partial charge in [-0.15, -0.1) is 11.6 Å². The number of aromatic amines is 1. The molecule has 0 saturated heterocycles. The first-order chi connectivity index (χ1) is 10.1. The summed E-state index contributed by atoms with van der Waals surface area (Å²) in [5, 5.41) is 14.3. The molecule has 7 heteroatoms. The summed E-state index contributed by atoms with van der Waals surface area (Å²) in [6.45, 7) is 0.825.